The molecule has 1 heterocycles. The Balaban J connectivity index is 0.00000450. The van der Waals surface area contributed by atoms with E-state index in [0.717, 1.165) is 50.4 Å². The van der Waals surface area contributed by atoms with Crippen LogP contribution in [0.25, 0.3) is 0 Å². The molecule has 2 N–H and O–H groups in total. The second-order valence-electron chi connectivity index (χ2n) is 8.53. The van der Waals surface area contributed by atoms with E-state index in [1.54, 1.807) is 24.1 Å². The van der Waals surface area contributed by atoms with Crippen LogP contribution < -0.4 is 10.6 Å². The molecule has 30 heavy (non-hydrogen) atoms. The summed E-state index contributed by atoms with van der Waals surface area (Å²) in [6.45, 7) is 7.46. The molecule has 0 saturated carbocycles. The summed E-state index contributed by atoms with van der Waals surface area (Å²) in [5, 5.41) is 6.68. The Bertz CT molecular complexity index is 711. The van der Waals surface area contributed by atoms with Gasteiger partial charge in [-0.25, -0.2) is 4.39 Å². The van der Waals surface area contributed by atoms with Crippen LogP contribution in [0.1, 0.15) is 38.7 Å². The maximum atomic E-state index is 13.5. The summed E-state index contributed by atoms with van der Waals surface area (Å²) in [6.07, 6.45) is 2.96. The normalized spacial score (nSPS) is 17.4. The molecule has 0 bridgehead atoms. The second kappa shape index (κ2) is 12.4. The number of guanidine groups is 1. The number of likely N-dealkylation sites (N-methyl/N-ethyl adjacent to an activating group) is 1. The third-order valence-corrected chi connectivity index (χ3v) is 5.53. The minimum Gasteiger partial charge on any atom is -0.356 e. The molecule has 1 saturated heterocycles. The SMILES string of the molecule is CN=C(NCCCN1CCCC1C(=O)N(C)C)NCC(C)(C)c1cccc(F)c1.I. The zero-order valence-electron chi connectivity index (χ0n) is 18.9. The van der Waals surface area contributed by atoms with Gasteiger partial charge in [0.25, 0.3) is 0 Å². The van der Waals surface area contributed by atoms with Crippen molar-refractivity contribution in [2.45, 2.75) is 44.6 Å². The van der Waals surface area contributed by atoms with Crippen LogP contribution >= 0.6 is 24.0 Å². The highest BCUT2D eigenvalue weighted by Gasteiger charge is 2.31. The van der Waals surface area contributed by atoms with Crippen molar-refractivity contribution in [2.24, 2.45) is 4.99 Å². The van der Waals surface area contributed by atoms with Crippen molar-refractivity contribution in [2.75, 3.05) is 47.3 Å². The molecule has 0 aromatic heterocycles. The van der Waals surface area contributed by atoms with E-state index in [4.69, 9.17) is 0 Å². The number of benzene rings is 1. The molecule has 170 valence electrons. The van der Waals surface area contributed by atoms with Crippen molar-refractivity contribution in [3.63, 3.8) is 0 Å². The number of nitrogens with zero attached hydrogens (tertiary/aromatic N) is 3. The van der Waals surface area contributed by atoms with Gasteiger partial charge in [0, 0.05) is 46.2 Å². The van der Waals surface area contributed by atoms with E-state index in [9.17, 15) is 9.18 Å². The second-order valence-corrected chi connectivity index (χ2v) is 8.53. The number of aliphatic imine (C=N–C) groups is 1. The molecular weight excluding hydrogens is 496 g/mol. The van der Waals surface area contributed by atoms with Crippen molar-refractivity contribution in [1.29, 1.82) is 0 Å². The first-order valence-electron chi connectivity index (χ1n) is 10.4. The number of nitrogens with one attached hydrogen (secondary N) is 2. The van der Waals surface area contributed by atoms with E-state index in [-0.39, 0.29) is 47.2 Å². The van der Waals surface area contributed by atoms with Crippen molar-refractivity contribution in [1.82, 2.24) is 20.4 Å². The summed E-state index contributed by atoms with van der Waals surface area (Å²) in [6, 6.07) is 6.76. The number of halogens is 2. The molecule has 1 amide bonds. The van der Waals surface area contributed by atoms with Gasteiger partial charge >= 0.3 is 0 Å². The van der Waals surface area contributed by atoms with Gasteiger partial charge in [-0.2, -0.15) is 0 Å². The maximum absolute atomic E-state index is 13.5. The molecule has 1 aliphatic heterocycles. The van der Waals surface area contributed by atoms with Crippen LogP contribution in [0.5, 0.6) is 0 Å². The Labute approximate surface area is 197 Å². The van der Waals surface area contributed by atoms with E-state index in [2.05, 4.69) is 34.4 Å². The predicted molar refractivity (Wildman–Crippen MR) is 132 cm³/mol. The lowest BCUT2D eigenvalue weighted by Crippen LogP contribution is -2.45. The number of carbonyl (C=O) groups is 1. The Kier molecular flexibility index (Phi) is 11.0. The van der Waals surface area contributed by atoms with Crippen molar-refractivity contribution in [3.05, 3.63) is 35.6 Å². The average molecular weight is 533 g/mol. The smallest absolute Gasteiger partial charge is 0.239 e. The van der Waals surface area contributed by atoms with E-state index in [1.165, 1.54) is 6.07 Å². The molecule has 1 atom stereocenters. The van der Waals surface area contributed by atoms with E-state index in [1.807, 2.05) is 20.2 Å². The minimum atomic E-state index is -0.227. The molecule has 1 unspecified atom stereocenters. The van der Waals surface area contributed by atoms with Gasteiger partial charge in [0.05, 0.1) is 6.04 Å². The highest BCUT2D eigenvalue weighted by atomic mass is 127. The predicted octanol–water partition coefficient (Wildman–Crippen LogP) is 2.83. The molecule has 1 fully saturated rings. The Hall–Kier alpha value is -1.42. The highest BCUT2D eigenvalue weighted by Crippen LogP contribution is 2.23. The third kappa shape index (κ3) is 7.68. The summed E-state index contributed by atoms with van der Waals surface area (Å²) in [7, 11) is 5.39. The molecule has 1 aromatic rings. The van der Waals surface area contributed by atoms with Gasteiger partial charge in [-0.1, -0.05) is 26.0 Å². The first-order valence-corrected chi connectivity index (χ1v) is 10.4. The number of carbonyl (C=O) groups excluding carboxylic acids is 1. The molecule has 8 heteroatoms. The number of hydrogen-bond donors (Lipinski definition) is 2. The number of likely N-dealkylation sites (tertiary alicyclic amines) is 1. The molecule has 0 radical (unpaired) electrons. The van der Waals surface area contributed by atoms with Crippen LogP contribution in [0.3, 0.4) is 0 Å². The Morgan fingerprint density at radius 3 is 2.70 bits per heavy atom. The fourth-order valence-corrected chi connectivity index (χ4v) is 3.70. The molecular formula is C22H37FIN5O. The van der Waals surface area contributed by atoms with E-state index in [0.29, 0.717) is 6.54 Å². The van der Waals surface area contributed by atoms with Crippen LogP contribution in [0.2, 0.25) is 0 Å². The maximum Gasteiger partial charge on any atom is 0.239 e. The lowest BCUT2D eigenvalue weighted by Gasteiger charge is -2.27. The topological polar surface area (TPSA) is 60.0 Å². The van der Waals surface area contributed by atoms with Crippen LogP contribution in [0.15, 0.2) is 29.3 Å². The molecule has 1 aliphatic rings. The fourth-order valence-electron chi connectivity index (χ4n) is 3.70. The van der Waals surface area contributed by atoms with Crippen LogP contribution in [0, 0.1) is 5.82 Å². The Morgan fingerprint density at radius 1 is 1.33 bits per heavy atom. The first kappa shape index (κ1) is 26.6. The number of rotatable bonds is 8. The standard InChI is InChI=1S/C22H36FN5O.HI/c1-22(2,17-9-6-10-18(23)15-17)16-26-21(24-3)25-12-8-14-28-13-7-11-19(28)20(29)27(4)5;/h6,9-10,15,19H,7-8,11-14,16H2,1-5H3,(H2,24,25,26);1H. The van der Waals surface area contributed by atoms with E-state index < -0.39 is 0 Å². The summed E-state index contributed by atoms with van der Waals surface area (Å²) in [5.41, 5.74) is 0.723. The lowest BCUT2D eigenvalue weighted by molar-refractivity contribution is -0.133. The van der Waals surface area contributed by atoms with Crippen molar-refractivity contribution in [3.8, 4) is 0 Å². The molecule has 6 nitrogen and oxygen atoms in total. The summed E-state index contributed by atoms with van der Waals surface area (Å²) >= 11 is 0. The minimum absolute atomic E-state index is 0. The summed E-state index contributed by atoms with van der Waals surface area (Å²) in [5.74, 6) is 0.718. The van der Waals surface area contributed by atoms with Gasteiger partial charge in [-0.15, -0.1) is 24.0 Å². The number of hydrogen-bond acceptors (Lipinski definition) is 3. The highest BCUT2D eigenvalue weighted by molar-refractivity contribution is 14.0. The molecule has 1 aromatic carbocycles. The first-order chi connectivity index (χ1) is 13.7. The van der Waals surface area contributed by atoms with Gasteiger partial charge in [-0.05, 0) is 43.5 Å². The van der Waals surface area contributed by atoms with Gasteiger partial charge in [0.1, 0.15) is 5.82 Å². The van der Waals surface area contributed by atoms with Gasteiger partial charge in [0.15, 0.2) is 5.96 Å². The summed E-state index contributed by atoms with van der Waals surface area (Å²) < 4.78 is 13.5. The zero-order valence-corrected chi connectivity index (χ0v) is 21.2. The zero-order chi connectivity index (χ0) is 21.4. The van der Waals surface area contributed by atoms with Gasteiger partial charge in [-0.3, -0.25) is 14.7 Å². The van der Waals surface area contributed by atoms with E-state index >= 15 is 0 Å². The Morgan fingerprint density at radius 2 is 2.07 bits per heavy atom. The molecule has 0 spiro atoms. The molecule has 0 aliphatic carbocycles. The quantitative estimate of drug-likeness (QED) is 0.234. The van der Waals surface area contributed by atoms with Gasteiger partial charge in [0.2, 0.25) is 5.91 Å². The lowest BCUT2D eigenvalue weighted by atomic mass is 9.84. The van der Waals surface area contributed by atoms with Crippen LogP contribution in [0.4, 0.5) is 4.39 Å². The average Bonchev–Trinajstić information content (AvgIpc) is 3.15. The van der Waals surface area contributed by atoms with Crippen LogP contribution in [-0.2, 0) is 10.2 Å². The van der Waals surface area contributed by atoms with Crippen LogP contribution in [-0.4, -0.2) is 75.0 Å². The third-order valence-electron chi connectivity index (χ3n) is 5.53. The molecule has 2 rings (SSSR count). The number of amides is 1. The van der Waals surface area contributed by atoms with Crippen molar-refractivity contribution < 1.29 is 9.18 Å². The monoisotopic (exact) mass is 533 g/mol. The summed E-state index contributed by atoms with van der Waals surface area (Å²) in [4.78, 5) is 20.5. The van der Waals surface area contributed by atoms with Crippen molar-refractivity contribution >= 4 is 35.8 Å². The fraction of sp³-hybridized carbons (Fsp3) is 0.636. The van der Waals surface area contributed by atoms with Gasteiger partial charge < -0.3 is 15.5 Å². The largest absolute Gasteiger partial charge is 0.356 e.